The molecule has 3 atom stereocenters. The van der Waals surface area contributed by atoms with Crippen LogP contribution in [0.2, 0.25) is 0 Å². The summed E-state index contributed by atoms with van der Waals surface area (Å²) in [5.41, 5.74) is 0. The molecule has 0 aliphatic carbocycles. The number of likely N-dealkylation sites (N-methyl/N-ethyl adjacent to an activating group) is 1. The fraction of sp³-hybridized carbons (Fsp3) is 0.667. The lowest BCUT2D eigenvalue weighted by molar-refractivity contribution is -0.870. The van der Waals surface area contributed by atoms with Crippen molar-refractivity contribution < 1.29 is 47.2 Å². The quantitative estimate of drug-likeness (QED) is 0.0155. The van der Waals surface area contributed by atoms with Crippen LogP contribution in [0.3, 0.4) is 0 Å². The third-order valence-electron chi connectivity index (χ3n) is 8.98. The van der Waals surface area contributed by atoms with Crippen molar-refractivity contribution in [3.63, 3.8) is 0 Å². The number of unbranched alkanes of at least 4 members (excludes halogenated alkanes) is 11. The molecule has 1 unspecified atom stereocenters. The van der Waals surface area contributed by atoms with E-state index in [1.54, 1.807) is 6.08 Å². The summed E-state index contributed by atoms with van der Waals surface area (Å²) >= 11 is 0. The number of allylic oxidation sites excluding steroid dienone is 12. The summed E-state index contributed by atoms with van der Waals surface area (Å²) in [5.74, 6) is -0.940. The summed E-state index contributed by atoms with van der Waals surface area (Å²) in [5, 5.41) is 10.1. The first-order chi connectivity index (χ1) is 28.4. The number of rotatable bonds is 39. The number of hydrogen-bond acceptors (Lipinski definition) is 8. The molecule has 0 rings (SSSR count). The molecule has 59 heavy (non-hydrogen) atoms. The molecule has 0 aliphatic heterocycles. The Morgan fingerprint density at radius 3 is 1.75 bits per heavy atom. The van der Waals surface area contributed by atoms with E-state index in [4.69, 9.17) is 18.5 Å². The Morgan fingerprint density at radius 1 is 0.610 bits per heavy atom. The van der Waals surface area contributed by atoms with E-state index >= 15 is 0 Å². The number of aliphatic hydroxyl groups excluding tert-OH is 1. The Bertz CT molecular complexity index is 1300. The molecular formula is C48H83NO9P+. The van der Waals surface area contributed by atoms with Crippen molar-refractivity contribution in [2.75, 3.05) is 47.5 Å². The van der Waals surface area contributed by atoms with Gasteiger partial charge in [0.15, 0.2) is 6.10 Å². The fourth-order valence-corrected chi connectivity index (χ4v) is 6.13. The second kappa shape index (κ2) is 39.3. The Labute approximate surface area is 359 Å². The van der Waals surface area contributed by atoms with Crippen LogP contribution >= 0.6 is 7.82 Å². The molecule has 0 aromatic rings. The Morgan fingerprint density at radius 2 is 1.14 bits per heavy atom. The van der Waals surface area contributed by atoms with Crippen LogP contribution in [0.1, 0.15) is 149 Å². The van der Waals surface area contributed by atoms with E-state index in [0.29, 0.717) is 36.7 Å². The van der Waals surface area contributed by atoms with E-state index < -0.39 is 38.6 Å². The second-order valence-corrected chi connectivity index (χ2v) is 17.4. The van der Waals surface area contributed by atoms with Crippen molar-refractivity contribution in [1.29, 1.82) is 0 Å². The summed E-state index contributed by atoms with van der Waals surface area (Å²) in [6.45, 7) is 4.16. The number of carbonyl (C=O) groups excluding carboxylic acids is 2. The largest absolute Gasteiger partial charge is 0.472 e. The van der Waals surface area contributed by atoms with Gasteiger partial charge in [-0.15, -0.1) is 0 Å². The highest BCUT2D eigenvalue weighted by molar-refractivity contribution is 7.47. The highest BCUT2D eigenvalue weighted by Gasteiger charge is 2.27. The molecule has 0 fully saturated rings. The molecule has 2 N–H and O–H groups in total. The minimum Gasteiger partial charge on any atom is -0.462 e. The highest BCUT2D eigenvalue weighted by atomic mass is 31.2. The highest BCUT2D eigenvalue weighted by Crippen LogP contribution is 2.43. The lowest BCUT2D eigenvalue weighted by Gasteiger charge is -2.24. The van der Waals surface area contributed by atoms with Gasteiger partial charge in [0.2, 0.25) is 0 Å². The van der Waals surface area contributed by atoms with Crippen LogP contribution in [0.15, 0.2) is 85.1 Å². The van der Waals surface area contributed by atoms with Crippen molar-refractivity contribution in [3.8, 4) is 0 Å². The van der Waals surface area contributed by atoms with Crippen molar-refractivity contribution >= 4 is 19.8 Å². The van der Waals surface area contributed by atoms with Crippen LogP contribution < -0.4 is 0 Å². The van der Waals surface area contributed by atoms with Gasteiger partial charge in [0, 0.05) is 12.8 Å². The Balaban J connectivity index is 4.57. The van der Waals surface area contributed by atoms with Gasteiger partial charge in [-0.1, -0.05) is 137 Å². The summed E-state index contributed by atoms with van der Waals surface area (Å²) in [7, 11) is 1.38. The molecule has 0 bridgehead atoms. The van der Waals surface area contributed by atoms with Crippen LogP contribution in [-0.4, -0.2) is 86.1 Å². The van der Waals surface area contributed by atoms with Gasteiger partial charge < -0.3 is 24.0 Å². The number of aliphatic hydroxyl groups is 1. The third-order valence-corrected chi connectivity index (χ3v) is 9.96. The zero-order valence-corrected chi connectivity index (χ0v) is 38.5. The van der Waals surface area contributed by atoms with Crippen LogP contribution in [0, 0.1) is 0 Å². The molecule has 0 saturated heterocycles. The normalized spacial score (nSPS) is 14.9. The van der Waals surface area contributed by atoms with Crippen molar-refractivity contribution in [2.24, 2.45) is 0 Å². The zero-order chi connectivity index (χ0) is 43.7. The number of hydrogen-bond donors (Lipinski definition) is 2. The van der Waals surface area contributed by atoms with Crippen LogP contribution in [0.4, 0.5) is 0 Å². The topological polar surface area (TPSA) is 129 Å². The molecule has 10 nitrogen and oxygen atoms in total. The minimum absolute atomic E-state index is 0.00347. The predicted octanol–water partition coefficient (Wildman–Crippen LogP) is 11.8. The van der Waals surface area contributed by atoms with Gasteiger partial charge in [-0.25, -0.2) is 4.57 Å². The summed E-state index contributed by atoms with van der Waals surface area (Å²) in [4.78, 5) is 35.4. The molecule has 0 aromatic carbocycles. The second-order valence-electron chi connectivity index (χ2n) is 15.9. The number of carbonyl (C=O) groups is 2. The number of quaternary nitrogens is 1. The van der Waals surface area contributed by atoms with E-state index in [0.717, 1.165) is 51.4 Å². The average Bonchev–Trinajstić information content (AvgIpc) is 3.18. The molecule has 338 valence electrons. The van der Waals surface area contributed by atoms with Gasteiger partial charge in [0.25, 0.3) is 0 Å². The summed E-state index contributed by atoms with van der Waals surface area (Å²) < 4.78 is 34.2. The van der Waals surface area contributed by atoms with Crippen LogP contribution in [0.5, 0.6) is 0 Å². The van der Waals surface area contributed by atoms with Crippen molar-refractivity contribution in [3.05, 3.63) is 85.1 Å². The zero-order valence-electron chi connectivity index (χ0n) is 37.6. The van der Waals surface area contributed by atoms with E-state index in [-0.39, 0.29) is 26.1 Å². The Kier molecular flexibility index (Phi) is 37.4. The summed E-state index contributed by atoms with van der Waals surface area (Å²) in [6.07, 6.45) is 46.6. The standard InChI is InChI=1S/C48H82NO9P/c1-6-8-10-12-14-15-16-17-18-19-20-21-22-23-27-32-36-40-48(52)58-46(44-57-59(53,54)56-42-41-49(3,4)5)43-55-47(51)39-35-31-28-24-26-30-34-38-45(50)37-33-29-25-13-11-9-7-2/h14-15,17-18,20-21,24-25,28-30,33-34,37,45-46,50H,6-13,16,19,22-23,26-27,31-32,35-36,38-44H2,1-5H3/p+1/b15-14-,18-17-,21-20-,28-24+,29-25-,34-30-,37-33-/t45-,46-/m1/s1. The number of phosphoric ester groups is 1. The van der Waals surface area contributed by atoms with E-state index in [1.807, 2.05) is 57.6 Å². The molecule has 11 heteroatoms. The number of esters is 2. The van der Waals surface area contributed by atoms with Gasteiger partial charge in [-0.05, 0) is 83.5 Å². The van der Waals surface area contributed by atoms with Gasteiger partial charge >= 0.3 is 19.8 Å². The maximum atomic E-state index is 12.7. The smallest absolute Gasteiger partial charge is 0.462 e. The van der Waals surface area contributed by atoms with Crippen LogP contribution in [0.25, 0.3) is 0 Å². The van der Waals surface area contributed by atoms with Gasteiger partial charge in [-0.2, -0.15) is 0 Å². The average molecular weight is 849 g/mol. The lowest BCUT2D eigenvalue weighted by Crippen LogP contribution is -2.37. The van der Waals surface area contributed by atoms with Gasteiger partial charge in [-0.3, -0.25) is 18.6 Å². The Hall–Kier alpha value is -2.85. The maximum Gasteiger partial charge on any atom is 0.472 e. The lowest BCUT2D eigenvalue weighted by atomic mass is 10.1. The SMILES string of the molecule is CCCCC/C=C\C=C/[C@@H](O)C/C=C\C/C=C/CCCC(=O)OC[C@H](COP(=O)(O)OCC[N+](C)(C)C)OC(=O)CCCCCC/C=C\C/C=C\C/C=C\CCCCC. The number of nitrogens with zero attached hydrogens (tertiary/aromatic N) is 1. The molecule has 0 spiro atoms. The first-order valence-electron chi connectivity index (χ1n) is 22.4. The third kappa shape index (κ3) is 43.1. The van der Waals surface area contributed by atoms with E-state index in [1.165, 1.54) is 44.9 Å². The molecular weight excluding hydrogens is 765 g/mol. The molecule has 0 aromatic heterocycles. The molecule has 0 radical (unpaired) electrons. The summed E-state index contributed by atoms with van der Waals surface area (Å²) in [6, 6.07) is 0. The molecule has 0 aliphatic rings. The first-order valence-corrected chi connectivity index (χ1v) is 23.9. The first kappa shape index (κ1) is 56.1. The predicted molar refractivity (Wildman–Crippen MR) is 244 cm³/mol. The molecule has 0 heterocycles. The number of phosphoric acid groups is 1. The minimum atomic E-state index is -4.41. The van der Waals surface area contributed by atoms with Crippen LogP contribution in [-0.2, 0) is 32.7 Å². The van der Waals surface area contributed by atoms with Crippen molar-refractivity contribution in [2.45, 2.75) is 161 Å². The van der Waals surface area contributed by atoms with E-state index in [9.17, 15) is 24.2 Å². The van der Waals surface area contributed by atoms with Gasteiger partial charge in [0.1, 0.15) is 19.8 Å². The monoisotopic (exact) mass is 849 g/mol. The maximum absolute atomic E-state index is 12.7. The van der Waals surface area contributed by atoms with Gasteiger partial charge in [0.05, 0.1) is 33.9 Å². The fourth-order valence-electron chi connectivity index (χ4n) is 5.39. The number of ether oxygens (including phenoxy) is 2. The molecule has 0 amide bonds. The van der Waals surface area contributed by atoms with Crippen molar-refractivity contribution in [1.82, 2.24) is 0 Å². The molecule has 0 saturated carbocycles. The van der Waals surface area contributed by atoms with E-state index in [2.05, 4.69) is 56.4 Å².